The summed E-state index contributed by atoms with van der Waals surface area (Å²) in [6, 6.07) is 10.7. The van der Waals surface area contributed by atoms with Crippen molar-refractivity contribution < 1.29 is 14.6 Å². The number of phenols is 1. The molecule has 0 fully saturated rings. The Hall–Kier alpha value is -2.07. The zero-order chi connectivity index (χ0) is 15.4. The van der Waals surface area contributed by atoms with Crippen molar-refractivity contribution in [2.24, 2.45) is 0 Å². The van der Waals surface area contributed by atoms with Gasteiger partial charge < -0.3 is 9.84 Å². The van der Waals surface area contributed by atoms with Gasteiger partial charge in [-0.25, -0.2) is 0 Å². The molecule has 108 valence electrons. The first kappa shape index (κ1) is 15.3. The molecule has 3 nitrogen and oxygen atoms in total. The van der Waals surface area contributed by atoms with Crippen LogP contribution >= 0.6 is 15.9 Å². The average Bonchev–Trinajstić information content (AvgIpc) is 2.48. The number of aromatic hydroxyl groups is 1. The van der Waals surface area contributed by atoms with E-state index in [0.717, 1.165) is 10.0 Å². The van der Waals surface area contributed by atoms with Crippen molar-refractivity contribution in [2.45, 2.75) is 6.92 Å². The molecular formula is C17H15BrO3. The second kappa shape index (κ2) is 6.59. The molecule has 0 aromatic heterocycles. The van der Waals surface area contributed by atoms with Crippen LogP contribution in [-0.2, 0) is 0 Å². The minimum atomic E-state index is -0.117. The highest BCUT2D eigenvalue weighted by atomic mass is 79.9. The molecule has 21 heavy (non-hydrogen) atoms. The number of methoxy groups -OCH3 is 1. The summed E-state index contributed by atoms with van der Waals surface area (Å²) >= 11 is 3.34. The Morgan fingerprint density at radius 1 is 1.24 bits per heavy atom. The molecule has 0 heterocycles. The molecule has 0 aliphatic rings. The lowest BCUT2D eigenvalue weighted by atomic mass is 10.1. The third-order valence-electron chi connectivity index (χ3n) is 3.04. The maximum absolute atomic E-state index is 12.1. The van der Waals surface area contributed by atoms with Gasteiger partial charge in [-0.3, -0.25) is 4.79 Å². The van der Waals surface area contributed by atoms with Crippen molar-refractivity contribution in [2.75, 3.05) is 7.11 Å². The van der Waals surface area contributed by atoms with Crippen molar-refractivity contribution in [1.82, 2.24) is 0 Å². The second-order valence-corrected chi connectivity index (χ2v) is 5.53. The van der Waals surface area contributed by atoms with Crippen molar-refractivity contribution in [3.05, 3.63) is 63.6 Å². The fourth-order valence-corrected chi connectivity index (χ4v) is 2.31. The number of hydrogen-bond donors (Lipinski definition) is 1. The van der Waals surface area contributed by atoms with Gasteiger partial charge in [-0.15, -0.1) is 0 Å². The van der Waals surface area contributed by atoms with E-state index in [1.807, 2.05) is 19.1 Å². The summed E-state index contributed by atoms with van der Waals surface area (Å²) in [5.74, 6) is 0.244. The van der Waals surface area contributed by atoms with E-state index in [1.165, 1.54) is 13.2 Å². The molecule has 2 rings (SSSR count). The molecule has 0 saturated heterocycles. The van der Waals surface area contributed by atoms with Crippen LogP contribution in [0.4, 0.5) is 0 Å². The highest BCUT2D eigenvalue weighted by Crippen LogP contribution is 2.34. The van der Waals surface area contributed by atoms with Crippen molar-refractivity contribution >= 4 is 27.8 Å². The summed E-state index contributed by atoms with van der Waals surface area (Å²) < 4.78 is 5.84. The van der Waals surface area contributed by atoms with E-state index >= 15 is 0 Å². The number of benzene rings is 2. The van der Waals surface area contributed by atoms with Gasteiger partial charge in [0, 0.05) is 15.6 Å². The van der Waals surface area contributed by atoms with Crippen LogP contribution in [0.2, 0.25) is 0 Å². The summed E-state index contributed by atoms with van der Waals surface area (Å²) in [6.07, 6.45) is 3.01. The minimum absolute atomic E-state index is 0.00801. The minimum Gasteiger partial charge on any atom is -0.504 e. The molecule has 0 atom stereocenters. The molecule has 0 bridgehead atoms. The van der Waals surface area contributed by atoms with Crippen LogP contribution in [0.25, 0.3) is 6.08 Å². The van der Waals surface area contributed by atoms with E-state index in [9.17, 15) is 9.90 Å². The monoisotopic (exact) mass is 346 g/mol. The average molecular weight is 347 g/mol. The molecule has 0 saturated carbocycles. The summed E-state index contributed by atoms with van der Waals surface area (Å²) in [7, 11) is 1.48. The number of carbonyl (C=O) groups excluding carboxylic acids is 1. The van der Waals surface area contributed by atoms with Crippen LogP contribution in [0.15, 0.2) is 46.9 Å². The number of ether oxygens (including phenoxy) is 1. The molecule has 4 heteroatoms. The van der Waals surface area contributed by atoms with E-state index in [2.05, 4.69) is 15.9 Å². The summed E-state index contributed by atoms with van der Waals surface area (Å²) in [5, 5.41) is 10.0. The number of rotatable bonds is 4. The number of ketones is 1. The Kier molecular flexibility index (Phi) is 4.81. The molecule has 0 aliphatic heterocycles. The SMILES string of the molecule is COc1cc(Br)cc(/C=C/C(=O)c2ccc(C)cc2)c1O. The summed E-state index contributed by atoms with van der Waals surface area (Å²) in [4.78, 5) is 12.1. The number of phenolic OH excluding ortho intramolecular Hbond substituents is 1. The van der Waals surface area contributed by atoms with Gasteiger partial charge in [-0.05, 0) is 31.2 Å². The number of aryl methyl sites for hydroxylation is 1. The summed E-state index contributed by atoms with van der Waals surface area (Å²) in [6.45, 7) is 1.97. The van der Waals surface area contributed by atoms with Crippen LogP contribution in [0.3, 0.4) is 0 Å². The predicted molar refractivity (Wildman–Crippen MR) is 86.9 cm³/mol. The Labute approximate surface area is 132 Å². The smallest absolute Gasteiger partial charge is 0.185 e. The molecule has 1 N–H and O–H groups in total. The van der Waals surface area contributed by atoms with Gasteiger partial charge in [0.25, 0.3) is 0 Å². The normalized spacial score (nSPS) is 10.8. The molecule has 0 spiro atoms. The highest BCUT2D eigenvalue weighted by molar-refractivity contribution is 9.10. The molecule has 2 aromatic rings. The Bertz CT molecular complexity index is 688. The zero-order valence-corrected chi connectivity index (χ0v) is 13.3. The van der Waals surface area contributed by atoms with E-state index in [0.29, 0.717) is 16.9 Å². The quantitative estimate of drug-likeness (QED) is 0.660. The lowest BCUT2D eigenvalue weighted by Gasteiger charge is -2.07. The van der Waals surface area contributed by atoms with Gasteiger partial charge in [-0.1, -0.05) is 45.8 Å². The predicted octanol–water partition coefficient (Wildman–Crippen LogP) is 4.37. The van der Waals surface area contributed by atoms with Crippen LogP contribution < -0.4 is 4.74 Å². The lowest BCUT2D eigenvalue weighted by Crippen LogP contribution is -1.94. The molecule has 0 aliphatic carbocycles. The zero-order valence-electron chi connectivity index (χ0n) is 11.8. The Morgan fingerprint density at radius 3 is 2.52 bits per heavy atom. The fraction of sp³-hybridized carbons (Fsp3) is 0.118. The van der Waals surface area contributed by atoms with Gasteiger partial charge in [0.2, 0.25) is 0 Å². The van der Waals surface area contributed by atoms with Crippen LogP contribution in [0.5, 0.6) is 11.5 Å². The third-order valence-corrected chi connectivity index (χ3v) is 3.50. The van der Waals surface area contributed by atoms with E-state index < -0.39 is 0 Å². The van der Waals surface area contributed by atoms with E-state index in [4.69, 9.17) is 4.74 Å². The molecule has 0 amide bonds. The van der Waals surface area contributed by atoms with Crippen molar-refractivity contribution in [3.63, 3.8) is 0 Å². The van der Waals surface area contributed by atoms with Gasteiger partial charge in [0.15, 0.2) is 17.3 Å². The summed E-state index contributed by atoms with van der Waals surface area (Å²) in [5.41, 5.74) is 2.23. The maximum Gasteiger partial charge on any atom is 0.185 e. The highest BCUT2D eigenvalue weighted by Gasteiger charge is 2.08. The van der Waals surface area contributed by atoms with E-state index in [1.54, 1.807) is 30.3 Å². The van der Waals surface area contributed by atoms with Crippen LogP contribution in [0.1, 0.15) is 21.5 Å². The van der Waals surface area contributed by atoms with Crippen LogP contribution in [-0.4, -0.2) is 18.0 Å². The third kappa shape index (κ3) is 3.73. The van der Waals surface area contributed by atoms with E-state index in [-0.39, 0.29) is 11.5 Å². The van der Waals surface area contributed by atoms with Gasteiger partial charge >= 0.3 is 0 Å². The first-order valence-corrected chi connectivity index (χ1v) is 7.16. The molecular weight excluding hydrogens is 332 g/mol. The fourth-order valence-electron chi connectivity index (χ4n) is 1.86. The number of hydrogen-bond acceptors (Lipinski definition) is 3. The maximum atomic E-state index is 12.1. The van der Waals surface area contributed by atoms with Gasteiger partial charge in [0.05, 0.1) is 7.11 Å². The topological polar surface area (TPSA) is 46.5 Å². The Balaban J connectivity index is 2.27. The molecule has 0 unspecified atom stereocenters. The Morgan fingerprint density at radius 2 is 1.90 bits per heavy atom. The first-order valence-electron chi connectivity index (χ1n) is 6.37. The standard InChI is InChI=1S/C17H15BrO3/c1-11-3-5-12(6-4-11)15(19)8-7-13-9-14(18)10-16(21-2)17(13)20/h3-10,20H,1-2H3/b8-7+. The number of allylic oxidation sites excluding steroid dienone is 1. The lowest BCUT2D eigenvalue weighted by molar-refractivity contribution is 0.104. The molecule has 2 aromatic carbocycles. The van der Waals surface area contributed by atoms with Crippen molar-refractivity contribution in [3.8, 4) is 11.5 Å². The van der Waals surface area contributed by atoms with Gasteiger partial charge in [-0.2, -0.15) is 0 Å². The van der Waals surface area contributed by atoms with Gasteiger partial charge in [0.1, 0.15) is 0 Å². The molecule has 0 radical (unpaired) electrons. The van der Waals surface area contributed by atoms with Crippen molar-refractivity contribution in [1.29, 1.82) is 0 Å². The van der Waals surface area contributed by atoms with Crippen LogP contribution in [0, 0.1) is 6.92 Å². The second-order valence-electron chi connectivity index (χ2n) is 4.61. The largest absolute Gasteiger partial charge is 0.504 e. The number of halogens is 1. The first-order chi connectivity index (χ1) is 10.0. The number of carbonyl (C=O) groups is 1.